The van der Waals surface area contributed by atoms with E-state index in [0.29, 0.717) is 48.8 Å². The summed E-state index contributed by atoms with van der Waals surface area (Å²) in [4.78, 5) is 27.9. The summed E-state index contributed by atoms with van der Waals surface area (Å²) < 4.78 is 52.9. The van der Waals surface area contributed by atoms with Crippen molar-refractivity contribution in [1.29, 1.82) is 0 Å². The van der Waals surface area contributed by atoms with Crippen LogP contribution in [0, 0.1) is 5.92 Å². The fourth-order valence-corrected chi connectivity index (χ4v) is 8.38. The largest absolute Gasteiger partial charge is 0.471 e. The highest BCUT2D eigenvalue weighted by molar-refractivity contribution is 6.30. The number of carbonyl (C=O) groups is 2. The van der Waals surface area contributed by atoms with E-state index in [2.05, 4.69) is 17.1 Å². The maximum atomic E-state index is 13.2. The molecule has 0 saturated carbocycles. The number of amides is 2. The molecule has 5 atom stereocenters. The molecule has 0 aliphatic carbocycles. The molecule has 0 unspecified atom stereocenters. The molecular formula is C44H47ClF3N3O6. The van der Waals surface area contributed by atoms with Crippen LogP contribution < -0.4 is 5.32 Å². The number of aliphatic hydroxyl groups is 2. The van der Waals surface area contributed by atoms with Crippen LogP contribution >= 0.6 is 11.6 Å². The van der Waals surface area contributed by atoms with Crippen molar-refractivity contribution in [3.05, 3.63) is 130 Å². The predicted molar refractivity (Wildman–Crippen MR) is 209 cm³/mol. The first kappa shape index (κ1) is 40.9. The van der Waals surface area contributed by atoms with E-state index in [0.717, 1.165) is 38.9 Å². The summed E-state index contributed by atoms with van der Waals surface area (Å²) in [5.41, 5.74) is 4.99. The van der Waals surface area contributed by atoms with E-state index in [1.807, 2.05) is 84.9 Å². The number of nitrogens with zero attached hydrogens (tertiary/aromatic N) is 2. The summed E-state index contributed by atoms with van der Waals surface area (Å²) >= 11 is 6.10. The minimum Gasteiger partial charge on any atom is -0.392 e. The maximum absolute atomic E-state index is 13.2. The molecule has 0 bridgehead atoms. The van der Waals surface area contributed by atoms with Gasteiger partial charge in [-0.1, -0.05) is 103 Å². The Hall–Kier alpha value is -4.30. The first-order chi connectivity index (χ1) is 27.3. The smallest absolute Gasteiger partial charge is 0.392 e. The Morgan fingerprint density at radius 2 is 1.56 bits per heavy atom. The quantitative estimate of drug-likeness (QED) is 0.153. The predicted octanol–water partition coefficient (Wildman–Crippen LogP) is 7.44. The maximum Gasteiger partial charge on any atom is 0.471 e. The fraction of sp³-hybridized carbons (Fsp3) is 0.409. The molecule has 3 heterocycles. The van der Waals surface area contributed by atoms with Crippen LogP contribution in [0.15, 0.2) is 97.1 Å². The topological polar surface area (TPSA) is 112 Å². The zero-order chi connectivity index (χ0) is 40.3. The molecule has 9 nitrogen and oxygen atoms in total. The molecular weight excluding hydrogens is 759 g/mol. The van der Waals surface area contributed by atoms with Crippen molar-refractivity contribution in [2.24, 2.45) is 5.92 Å². The monoisotopic (exact) mass is 805 g/mol. The van der Waals surface area contributed by atoms with Crippen LogP contribution in [-0.4, -0.2) is 76.3 Å². The van der Waals surface area contributed by atoms with Gasteiger partial charge in [0.25, 0.3) is 0 Å². The summed E-state index contributed by atoms with van der Waals surface area (Å²) in [5.74, 6) is -2.64. The summed E-state index contributed by atoms with van der Waals surface area (Å²) in [7, 11) is 0. The molecule has 57 heavy (non-hydrogen) atoms. The number of aliphatic hydroxyl groups excluding tert-OH is 1. The summed E-state index contributed by atoms with van der Waals surface area (Å²) in [5, 5.41) is 24.5. The van der Waals surface area contributed by atoms with E-state index in [9.17, 15) is 33.0 Å². The Labute approximate surface area is 335 Å². The second kappa shape index (κ2) is 17.3. The van der Waals surface area contributed by atoms with Gasteiger partial charge >= 0.3 is 12.1 Å². The van der Waals surface area contributed by atoms with Gasteiger partial charge in [0.15, 0.2) is 6.29 Å². The van der Waals surface area contributed by atoms with E-state index in [1.54, 1.807) is 12.1 Å². The summed E-state index contributed by atoms with van der Waals surface area (Å²) in [6.07, 6.45) is -4.61. The molecule has 3 aliphatic rings. The lowest BCUT2D eigenvalue weighted by molar-refractivity contribution is -0.277. The van der Waals surface area contributed by atoms with Gasteiger partial charge in [-0.05, 0) is 71.2 Å². The van der Waals surface area contributed by atoms with E-state index in [4.69, 9.17) is 21.1 Å². The first-order valence-electron chi connectivity index (χ1n) is 19.4. The van der Waals surface area contributed by atoms with Crippen molar-refractivity contribution in [2.45, 2.75) is 82.1 Å². The second-order valence-electron chi connectivity index (χ2n) is 15.3. The summed E-state index contributed by atoms with van der Waals surface area (Å²) in [6, 6.07) is 29.2. The second-order valence-corrected chi connectivity index (χ2v) is 15.7. The van der Waals surface area contributed by atoms with Gasteiger partial charge in [0.2, 0.25) is 5.91 Å². The molecule has 3 aliphatic heterocycles. The Kier molecular flexibility index (Phi) is 12.4. The number of halogens is 4. The number of rotatable bonds is 10. The van der Waals surface area contributed by atoms with Crippen LogP contribution in [0.1, 0.15) is 72.8 Å². The number of alkyl halides is 3. The van der Waals surface area contributed by atoms with Crippen LogP contribution in [-0.2, 0) is 37.8 Å². The molecule has 3 fully saturated rings. The first-order valence-corrected chi connectivity index (χ1v) is 19.8. The number of nitrogens with one attached hydrogen (secondary N) is 1. The normalized spacial score (nSPS) is 24.0. The molecule has 3 saturated heterocycles. The van der Waals surface area contributed by atoms with E-state index in [-0.39, 0.29) is 44.2 Å². The fourth-order valence-electron chi connectivity index (χ4n) is 8.26. The summed E-state index contributed by atoms with van der Waals surface area (Å²) in [6.45, 7) is 4.04. The van der Waals surface area contributed by atoms with Crippen molar-refractivity contribution < 1.29 is 42.4 Å². The van der Waals surface area contributed by atoms with Crippen LogP contribution in [0.2, 0.25) is 5.02 Å². The number of carbonyl (C=O) groups excluding carboxylic acids is 2. The Bertz CT molecular complexity index is 2010. The molecule has 0 aromatic heterocycles. The average molecular weight is 806 g/mol. The molecule has 2 amide bonds. The lowest BCUT2D eigenvalue weighted by Crippen LogP contribution is -2.50. The zero-order valence-electron chi connectivity index (χ0n) is 31.6. The molecule has 302 valence electrons. The highest BCUT2D eigenvalue weighted by Gasteiger charge is 2.48. The van der Waals surface area contributed by atoms with Crippen molar-refractivity contribution in [3.63, 3.8) is 0 Å². The Balaban J connectivity index is 1.06. The SMILES string of the molecule is C[C@@H]1[C@H](CN2CCC(O)(c3ccc(Cl)cc3)CC2)O[C@H](c2ccc(-c3ccccc3CNC(=O)[C@@H]3CCCN3C(=O)C(F)(F)F)cc2)O[C@@H]1c1ccc(CO)cc1. The molecule has 3 N–H and O–H groups in total. The Morgan fingerprint density at radius 1 is 0.895 bits per heavy atom. The minimum atomic E-state index is -5.04. The third kappa shape index (κ3) is 9.22. The van der Waals surface area contributed by atoms with Gasteiger partial charge in [-0.2, -0.15) is 13.2 Å². The molecule has 13 heteroatoms. The molecule has 7 rings (SSSR count). The van der Waals surface area contributed by atoms with Gasteiger partial charge in [0.05, 0.1) is 24.4 Å². The zero-order valence-corrected chi connectivity index (χ0v) is 32.4. The van der Waals surface area contributed by atoms with Crippen LogP contribution in [0.25, 0.3) is 11.1 Å². The molecule has 4 aromatic carbocycles. The van der Waals surface area contributed by atoms with Crippen LogP contribution in [0.4, 0.5) is 13.2 Å². The van der Waals surface area contributed by atoms with Gasteiger partial charge in [0, 0.05) is 49.2 Å². The molecule has 0 spiro atoms. The lowest BCUT2D eigenvalue weighted by Gasteiger charge is -2.45. The van der Waals surface area contributed by atoms with E-state index in [1.165, 1.54) is 0 Å². The number of benzene rings is 4. The molecule has 0 radical (unpaired) electrons. The third-order valence-electron chi connectivity index (χ3n) is 11.6. The lowest BCUT2D eigenvalue weighted by atomic mass is 9.84. The molecule has 4 aromatic rings. The standard InChI is InChI=1S/C44H47ClF3N3O6/c1-28-38(26-50-23-20-43(55,21-24-50)34-16-18-35(45)19-17-34)56-41(57-39(28)31-10-8-29(27-52)9-11-31)32-14-12-30(13-15-32)36-6-3-2-5-33(36)25-49-40(53)37-7-4-22-51(37)42(54)44(46,47)48/h2-3,5-6,8-19,28,37-39,41,52,55H,4,7,20-27H2,1H3,(H,49,53)/t28-,37+,38+,39+,41+/m1/s1. The third-order valence-corrected chi connectivity index (χ3v) is 11.9. The number of hydrogen-bond acceptors (Lipinski definition) is 7. The van der Waals surface area contributed by atoms with Gasteiger partial charge in [0.1, 0.15) is 6.04 Å². The van der Waals surface area contributed by atoms with Crippen molar-refractivity contribution >= 4 is 23.4 Å². The minimum absolute atomic E-state index is 0.0254. The van der Waals surface area contributed by atoms with Crippen molar-refractivity contribution in [3.8, 4) is 11.1 Å². The highest BCUT2D eigenvalue weighted by Crippen LogP contribution is 2.43. The van der Waals surface area contributed by atoms with Gasteiger partial charge < -0.3 is 34.8 Å². The number of likely N-dealkylation sites (tertiary alicyclic amines) is 2. The number of piperidine rings is 1. The van der Waals surface area contributed by atoms with Gasteiger partial charge in [-0.3, -0.25) is 9.59 Å². The van der Waals surface area contributed by atoms with E-state index < -0.39 is 35.9 Å². The van der Waals surface area contributed by atoms with Crippen molar-refractivity contribution in [2.75, 3.05) is 26.2 Å². The van der Waals surface area contributed by atoms with Gasteiger partial charge in [-0.15, -0.1) is 0 Å². The van der Waals surface area contributed by atoms with Crippen LogP contribution in [0.3, 0.4) is 0 Å². The number of hydrogen-bond donors (Lipinski definition) is 3. The highest BCUT2D eigenvalue weighted by atomic mass is 35.5. The Morgan fingerprint density at radius 3 is 2.23 bits per heavy atom. The number of ether oxygens (including phenoxy) is 2. The average Bonchev–Trinajstić information content (AvgIpc) is 3.71. The van der Waals surface area contributed by atoms with Crippen LogP contribution in [0.5, 0.6) is 0 Å². The van der Waals surface area contributed by atoms with Gasteiger partial charge in [-0.25, -0.2) is 0 Å². The van der Waals surface area contributed by atoms with E-state index >= 15 is 0 Å². The van der Waals surface area contributed by atoms with Crippen molar-refractivity contribution in [1.82, 2.24) is 15.1 Å².